The average molecular weight is 278 g/mol. The minimum absolute atomic E-state index is 0.0468. The fourth-order valence-corrected chi connectivity index (χ4v) is 2.74. The van der Waals surface area contributed by atoms with Gasteiger partial charge in [-0.1, -0.05) is 18.2 Å². The Labute approximate surface area is 122 Å². The first kappa shape index (κ1) is 15.5. The van der Waals surface area contributed by atoms with Gasteiger partial charge in [0.15, 0.2) is 0 Å². The van der Waals surface area contributed by atoms with Crippen LogP contribution in [-0.4, -0.2) is 37.1 Å². The van der Waals surface area contributed by atoms with E-state index in [1.807, 2.05) is 12.1 Å². The number of rotatable bonds is 7. The summed E-state index contributed by atoms with van der Waals surface area (Å²) < 4.78 is 13.6. The molecule has 2 nitrogen and oxygen atoms in total. The summed E-state index contributed by atoms with van der Waals surface area (Å²) in [6.45, 7) is 6.64. The SMILES string of the molecule is CC(C)N(C)CCCNC1CC(c2ccccc2F)C1. The summed E-state index contributed by atoms with van der Waals surface area (Å²) >= 11 is 0. The molecule has 0 aliphatic heterocycles. The molecule has 0 aromatic heterocycles. The Morgan fingerprint density at radius 2 is 2.00 bits per heavy atom. The van der Waals surface area contributed by atoms with Crippen molar-refractivity contribution in [3.8, 4) is 0 Å². The van der Waals surface area contributed by atoms with Crippen molar-refractivity contribution >= 4 is 0 Å². The molecule has 1 N–H and O–H groups in total. The van der Waals surface area contributed by atoms with Gasteiger partial charge in [0.1, 0.15) is 5.82 Å². The van der Waals surface area contributed by atoms with Gasteiger partial charge in [0.25, 0.3) is 0 Å². The Balaban J connectivity index is 1.62. The number of halogens is 1. The fraction of sp³-hybridized carbons (Fsp3) is 0.647. The van der Waals surface area contributed by atoms with Gasteiger partial charge >= 0.3 is 0 Å². The first-order valence-corrected chi connectivity index (χ1v) is 7.76. The van der Waals surface area contributed by atoms with Gasteiger partial charge < -0.3 is 10.2 Å². The lowest BCUT2D eigenvalue weighted by atomic mass is 9.75. The van der Waals surface area contributed by atoms with Gasteiger partial charge in [-0.2, -0.15) is 0 Å². The number of benzene rings is 1. The third-order valence-corrected chi connectivity index (χ3v) is 4.49. The predicted octanol–water partition coefficient (Wildman–Crippen LogP) is 3.39. The molecule has 2 rings (SSSR count). The molecule has 20 heavy (non-hydrogen) atoms. The molecule has 0 heterocycles. The average Bonchev–Trinajstić information content (AvgIpc) is 2.37. The molecule has 1 aromatic carbocycles. The van der Waals surface area contributed by atoms with E-state index in [1.54, 1.807) is 12.1 Å². The van der Waals surface area contributed by atoms with Crippen LogP contribution in [0, 0.1) is 5.82 Å². The van der Waals surface area contributed by atoms with Gasteiger partial charge in [-0.15, -0.1) is 0 Å². The number of hydrogen-bond acceptors (Lipinski definition) is 2. The van der Waals surface area contributed by atoms with E-state index in [0.717, 1.165) is 31.5 Å². The molecule has 1 saturated carbocycles. The predicted molar refractivity (Wildman–Crippen MR) is 82.5 cm³/mol. The standard InChI is InChI=1S/C17H27FN2/c1-13(2)20(3)10-6-9-19-15-11-14(12-15)16-7-4-5-8-17(16)18/h4-5,7-8,13-15,19H,6,9-12H2,1-3H3. The molecule has 0 radical (unpaired) electrons. The lowest BCUT2D eigenvalue weighted by Gasteiger charge is -2.36. The molecule has 0 spiro atoms. The summed E-state index contributed by atoms with van der Waals surface area (Å²) in [7, 11) is 2.17. The van der Waals surface area contributed by atoms with Crippen LogP contribution >= 0.6 is 0 Å². The van der Waals surface area contributed by atoms with Crippen molar-refractivity contribution in [1.82, 2.24) is 10.2 Å². The van der Waals surface area contributed by atoms with Crippen molar-refractivity contribution in [3.63, 3.8) is 0 Å². The highest BCUT2D eigenvalue weighted by Gasteiger charge is 2.31. The second-order valence-electron chi connectivity index (χ2n) is 6.27. The number of hydrogen-bond donors (Lipinski definition) is 1. The van der Waals surface area contributed by atoms with Crippen molar-refractivity contribution < 1.29 is 4.39 Å². The molecular formula is C17H27FN2. The molecule has 112 valence electrons. The zero-order valence-electron chi connectivity index (χ0n) is 12.9. The smallest absolute Gasteiger partial charge is 0.126 e. The van der Waals surface area contributed by atoms with Crippen LogP contribution in [0.25, 0.3) is 0 Å². The summed E-state index contributed by atoms with van der Waals surface area (Å²) in [5.41, 5.74) is 0.894. The molecule has 0 saturated heterocycles. The van der Waals surface area contributed by atoms with Crippen LogP contribution in [0.15, 0.2) is 24.3 Å². The van der Waals surface area contributed by atoms with Crippen molar-refractivity contribution in [2.45, 2.75) is 51.1 Å². The first-order chi connectivity index (χ1) is 9.58. The van der Waals surface area contributed by atoms with Crippen LogP contribution in [0.2, 0.25) is 0 Å². The Morgan fingerprint density at radius 1 is 1.30 bits per heavy atom. The van der Waals surface area contributed by atoms with E-state index in [-0.39, 0.29) is 5.82 Å². The highest BCUT2D eigenvalue weighted by Crippen LogP contribution is 2.37. The molecule has 3 heteroatoms. The minimum atomic E-state index is -0.0468. The van der Waals surface area contributed by atoms with Gasteiger partial charge in [0.05, 0.1) is 0 Å². The summed E-state index contributed by atoms with van der Waals surface area (Å²) in [5.74, 6) is 0.363. The molecule has 0 atom stereocenters. The minimum Gasteiger partial charge on any atom is -0.314 e. The second kappa shape index (κ2) is 7.19. The van der Waals surface area contributed by atoms with Gasteiger partial charge in [-0.25, -0.2) is 4.39 Å². The maximum Gasteiger partial charge on any atom is 0.126 e. The third kappa shape index (κ3) is 4.03. The van der Waals surface area contributed by atoms with Gasteiger partial charge in [-0.3, -0.25) is 0 Å². The zero-order chi connectivity index (χ0) is 14.5. The maximum atomic E-state index is 13.6. The summed E-state index contributed by atoms with van der Waals surface area (Å²) in [6, 6.07) is 8.37. The van der Waals surface area contributed by atoms with Crippen molar-refractivity contribution in [2.75, 3.05) is 20.1 Å². The quantitative estimate of drug-likeness (QED) is 0.769. The van der Waals surface area contributed by atoms with Crippen LogP contribution in [0.4, 0.5) is 4.39 Å². The van der Waals surface area contributed by atoms with E-state index in [0.29, 0.717) is 18.0 Å². The maximum absolute atomic E-state index is 13.6. The number of nitrogens with zero attached hydrogens (tertiary/aromatic N) is 1. The normalized spacial score (nSPS) is 22.3. The molecule has 1 aliphatic rings. The Kier molecular flexibility index (Phi) is 5.55. The topological polar surface area (TPSA) is 15.3 Å². The van der Waals surface area contributed by atoms with Crippen molar-refractivity contribution in [2.24, 2.45) is 0 Å². The molecule has 1 aliphatic carbocycles. The lowest BCUT2D eigenvalue weighted by Crippen LogP contribution is -2.41. The summed E-state index contributed by atoms with van der Waals surface area (Å²) in [5, 5.41) is 3.58. The molecule has 0 amide bonds. The van der Waals surface area contributed by atoms with Crippen LogP contribution in [0.5, 0.6) is 0 Å². The highest BCUT2D eigenvalue weighted by molar-refractivity contribution is 5.24. The zero-order valence-corrected chi connectivity index (χ0v) is 12.9. The Bertz CT molecular complexity index is 413. The molecule has 0 bridgehead atoms. The lowest BCUT2D eigenvalue weighted by molar-refractivity contribution is 0.252. The molecular weight excluding hydrogens is 251 g/mol. The molecule has 0 unspecified atom stereocenters. The van der Waals surface area contributed by atoms with E-state index in [9.17, 15) is 4.39 Å². The Morgan fingerprint density at radius 3 is 2.65 bits per heavy atom. The summed E-state index contributed by atoms with van der Waals surface area (Å²) in [6.07, 6.45) is 3.32. The van der Waals surface area contributed by atoms with Crippen molar-refractivity contribution in [1.29, 1.82) is 0 Å². The van der Waals surface area contributed by atoms with E-state index in [2.05, 4.69) is 31.1 Å². The largest absolute Gasteiger partial charge is 0.314 e. The van der Waals surface area contributed by atoms with Gasteiger partial charge in [0, 0.05) is 12.1 Å². The van der Waals surface area contributed by atoms with E-state index in [1.165, 1.54) is 6.42 Å². The second-order valence-corrected chi connectivity index (χ2v) is 6.27. The third-order valence-electron chi connectivity index (χ3n) is 4.49. The molecule has 1 fully saturated rings. The van der Waals surface area contributed by atoms with Crippen LogP contribution < -0.4 is 5.32 Å². The van der Waals surface area contributed by atoms with Crippen LogP contribution in [0.3, 0.4) is 0 Å². The van der Waals surface area contributed by atoms with Gasteiger partial charge in [0.2, 0.25) is 0 Å². The Hall–Kier alpha value is -0.930. The van der Waals surface area contributed by atoms with E-state index >= 15 is 0 Å². The fourth-order valence-electron chi connectivity index (χ4n) is 2.74. The van der Waals surface area contributed by atoms with Gasteiger partial charge in [-0.05, 0) is 70.8 Å². The van der Waals surface area contributed by atoms with E-state index < -0.39 is 0 Å². The van der Waals surface area contributed by atoms with Crippen molar-refractivity contribution in [3.05, 3.63) is 35.6 Å². The van der Waals surface area contributed by atoms with E-state index in [4.69, 9.17) is 0 Å². The van der Waals surface area contributed by atoms with Crippen LogP contribution in [-0.2, 0) is 0 Å². The van der Waals surface area contributed by atoms with Crippen LogP contribution in [0.1, 0.15) is 44.6 Å². The highest BCUT2D eigenvalue weighted by atomic mass is 19.1. The number of nitrogens with one attached hydrogen (secondary N) is 1. The monoisotopic (exact) mass is 278 g/mol. The summed E-state index contributed by atoms with van der Waals surface area (Å²) in [4.78, 5) is 2.37. The first-order valence-electron chi connectivity index (χ1n) is 7.76. The molecule has 1 aromatic rings.